The van der Waals surface area contributed by atoms with Gasteiger partial charge in [0.25, 0.3) is 5.91 Å². The summed E-state index contributed by atoms with van der Waals surface area (Å²) in [4.78, 5) is 22.2. The van der Waals surface area contributed by atoms with Gasteiger partial charge in [0.2, 0.25) is 0 Å². The van der Waals surface area contributed by atoms with Crippen molar-refractivity contribution in [2.45, 2.75) is 32.2 Å². The van der Waals surface area contributed by atoms with Gasteiger partial charge in [0.1, 0.15) is 0 Å². The van der Waals surface area contributed by atoms with E-state index in [1.807, 2.05) is 19.1 Å². The zero-order valence-corrected chi connectivity index (χ0v) is 11.7. The molecule has 98 valence electrons. The maximum absolute atomic E-state index is 11.8. The number of carbonyl (C=O) groups excluding carboxylic acids is 1. The number of carboxylic acids is 1. The SMILES string of the molecule is CC(CCCC(=O)O)NC(=O)c1ccc(Br)cc1. The number of benzene rings is 1. The van der Waals surface area contributed by atoms with E-state index in [0.29, 0.717) is 18.4 Å². The molecule has 0 fully saturated rings. The molecule has 0 saturated carbocycles. The second-order valence-corrected chi connectivity index (χ2v) is 5.08. The monoisotopic (exact) mass is 313 g/mol. The van der Waals surface area contributed by atoms with E-state index in [1.165, 1.54) is 0 Å². The number of carbonyl (C=O) groups is 2. The van der Waals surface area contributed by atoms with Gasteiger partial charge < -0.3 is 10.4 Å². The van der Waals surface area contributed by atoms with E-state index in [2.05, 4.69) is 21.2 Å². The normalized spacial score (nSPS) is 11.9. The average molecular weight is 314 g/mol. The number of halogens is 1. The molecule has 0 spiro atoms. The summed E-state index contributed by atoms with van der Waals surface area (Å²) in [6, 6.07) is 7.07. The van der Waals surface area contributed by atoms with E-state index in [0.717, 1.165) is 4.47 Å². The number of rotatable bonds is 6. The molecule has 0 bridgehead atoms. The maximum Gasteiger partial charge on any atom is 0.303 e. The lowest BCUT2D eigenvalue weighted by Gasteiger charge is -2.13. The minimum atomic E-state index is -0.804. The zero-order chi connectivity index (χ0) is 13.5. The first-order valence-corrected chi connectivity index (χ1v) is 6.56. The quantitative estimate of drug-likeness (QED) is 0.848. The summed E-state index contributed by atoms with van der Waals surface area (Å²) < 4.78 is 0.925. The van der Waals surface area contributed by atoms with Gasteiger partial charge in [0, 0.05) is 22.5 Å². The molecule has 5 heteroatoms. The van der Waals surface area contributed by atoms with E-state index < -0.39 is 5.97 Å². The van der Waals surface area contributed by atoms with Crippen molar-refractivity contribution in [1.82, 2.24) is 5.32 Å². The summed E-state index contributed by atoms with van der Waals surface area (Å²) in [5.74, 6) is -0.938. The molecule has 1 atom stereocenters. The molecule has 0 heterocycles. The van der Waals surface area contributed by atoms with Crippen LogP contribution in [0.1, 0.15) is 36.5 Å². The summed E-state index contributed by atoms with van der Waals surface area (Å²) in [6.45, 7) is 1.87. The Morgan fingerprint density at radius 3 is 2.50 bits per heavy atom. The van der Waals surface area contributed by atoms with Crippen LogP contribution in [0.3, 0.4) is 0 Å². The summed E-state index contributed by atoms with van der Waals surface area (Å²) in [6.07, 6.45) is 1.37. The minimum Gasteiger partial charge on any atom is -0.481 e. The van der Waals surface area contributed by atoms with Crippen molar-refractivity contribution in [3.05, 3.63) is 34.3 Å². The highest BCUT2D eigenvalue weighted by molar-refractivity contribution is 9.10. The molecule has 4 nitrogen and oxygen atoms in total. The second kappa shape index (κ2) is 7.16. The molecule has 1 aromatic rings. The van der Waals surface area contributed by atoms with Crippen molar-refractivity contribution in [3.63, 3.8) is 0 Å². The summed E-state index contributed by atoms with van der Waals surface area (Å²) in [5, 5.41) is 11.4. The van der Waals surface area contributed by atoms with Crippen LogP contribution in [0.5, 0.6) is 0 Å². The lowest BCUT2D eigenvalue weighted by atomic mass is 10.1. The molecule has 0 radical (unpaired) electrons. The highest BCUT2D eigenvalue weighted by Gasteiger charge is 2.09. The van der Waals surface area contributed by atoms with E-state index in [4.69, 9.17) is 5.11 Å². The second-order valence-electron chi connectivity index (χ2n) is 4.17. The van der Waals surface area contributed by atoms with Crippen molar-refractivity contribution in [1.29, 1.82) is 0 Å². The minimum absolute atomic E-state index is 0.0273. The maximum atomic E-state index is 11.8. The molecule has 0 saturated heterocycles. The van der Waals surface area contributed by atoms with E-state index in [9.17, 15) is 9.59 Å². The predicted molar refractivity (Wildman–Crippen MR) is 72.6 cm³/mol. The van der Waals surface area contributed by atoms with Crippen molar-refractivity contribution < 1.29 is 14.7 Å². The van der Waals surface area contributed by atoms with Crippen LogP contribution in [-0.2, 0) is 4.79 Å². The highest BCUT2D eigenvalue weighted by Crippen LogP contribution is 2.11. The van der Waals surface area contributed by atoms with E-state index >= 15 is 0 Å². The van der Waals surface area contributed by atoms with Gasteiger partial charge in [-0.3, -0.25) is 9.59 Å². The Kier molecular flexibility index (Phi) is 5.85. The van der Waals surface area contributed by atoms with Crippen LogP contribution >= 0.6 is 15.9 Å². The predicted octanol–water partition coefficient (Wildman–Crippen LogP) is 2.82. The standard InChI is InChI=1S/C13H16BrNO3/c1-9(3-2-4-12(16)17)15-13(18)10-5-7-11(14)8-6-10/h5-9H,2-4H2,1H3,(H,15,18)(H,16,17). The topological polar surface area (TPSA) is 66.4 Å². The molecular formula is C13H16BrNO3. The van der Waals surface area contributed by atoms with Gasteiger partial charge in [-0.15, -0.1) is 0 Å². The fraction of sp³-hybridized carbons (Fsp3) is 0.385. The number of aliphatic carboxylic acids is 1. The Hall–Kier alpha value is -1.36. The van der Waals surface area contributed by atoms with Crippen LogP contribution in [0, 0.1) is 0 Å². The third kappa shape index (κ3) is 5.31. The summed E-state index contributed by atoms with van der Waals surface area (Å²) in [7, 11) is 0. The first-order valence-electron chi connectivity index (χ1n) is 5.77. The van der Waals surface area contributed by atoms with Gasteiger partial charge in [-0.1, -0.05) is 15.9 Å². The first kappa shape index (κ1) is 14.7. The van der Waals surface area contributed by atoms with Gasteiger partial charge in [-0.2, -0.15) is 0 Å². The summed E-state index contributed by atoms with van der Waals surface area (Å²) >= 11 is 3.31. The van der Waals surface area contributed by atoms with Crippen molar-refractivity contribution in [2.24, 2.45) is 0 Å². The van der Waals surface area contributed by atoms with Crippen molar-refractivity contribution >= 4 is 27.8 Å². The van der Waals surface area contributed by atoms with E-state index in [-0.39, 0.29) is 18.4 Å². The molecular weight excluding hydrogens is 298 g/mol. The molecule has 18 heavy (non-hydrogen) atoms. The van der Waals surface area contributed by atoms with Crippen LogP contribution in [0.4, 0.5) is 0 Å². The lowest BCUT2D eigenvalue weighted by molar-refractivity contribution is -0.137. The number of hydrogen-bond donors (Lipinski definition) is 2. The molecule has 1 amide bonds. The third-order valence-corrected chi connectivity index (χ3v) is 3.04. The van der Waals surface area contributed by atoms with Crippen molar-refractivity contribution in [3.8, 4) is 0 Å². The van der Waals surface area contributed by atoms with E-state index in [1.54, 1.807) is 12.1 Å². The number of hydrogen-bond acceptors (Lipinski definition) is 2. The largest absolute Gasteiger partial charge is 0.481 e. The zero-order valence-electron chi connectivity index (χ0n) is 10.1. The van der Waals surface area contributed by atoms with Gasteiger partial charge in [0.05, 0.1) is 0 Å². The summed E-state index contributed by atoms with van der Waals surface area (Å²) in [5.41, 5.74) is 0.600. The molecule has 0 aliphatic rings. The average Bonchev–Trinajstić information content (AvgIpc) is 2.29. The van der Waals surface area contributed by atoms with Crippen LogP contribution in [0.25, 0.3) is 0 Å². The number of nitrogens with one attached hydrogen (secondary N) is 1. The van der Waals surface area contributed by atoms with Crippen LogP contribution in [0.15, 0.2) is 28.7 Å². The Balaban J connectivity index is 2.39. The van der Waals surface area contributed by atoms with Crippen LogP contribution < -0.4 is 5.32 Å². The number of amides is 1. The van der Waals surface area contributed by atoms with Crippen LogP contribution in [0.2, 0.25) is 0 Å². The lowest BCUT2D eigenvalue weighted by Crippen LogP contribution is -2.32. The molecule has 0 aliphatic carbocycles. The Morgan fingerprint density at radius 1 is 1.33 bits per heavy atom. The molecule has 2 N–H and O–H groups in total. The van der Waals surface area contributed by atoms with Gasteiger partial charge >= 0.3 is 5.97 Å². The smallest absolute Gasteiger partial charge is 0.303 e. The molecule has 1 unspecified atom stereocenters. The molecule has 1 rings (SSSR count). The Labute approximate surface area is 115 Å². The van der Waals surface area contributed by atoms with Crippen LogP contribution in [-0.4, -0.2) is 23.0 Å². The van der Waals surface area contributed by atoms with Gasteiger partial charge in [-0.05, 0) is 44.0 Å². The fourth-order valence-corrected chi connectivity index (χ4v) is 1.80. The fourth-order valence-electron chi connectivity index (χ4n) is 1.54. The van der Waals surface area contributed by atoms with Gasteiger partial charge in [-0.25, -0.2) is 0 Å². The number of carboxylic acid groups (broad SMARTS) is 1. The third-order valence-electron chi connectivity index (χ3n) is 2.51. The highest BCUT2D eigenvalue weighted by atomic mass is 79.9. The molecule has 0 aliphatic heterocycles. The Morgan fingerprint density at radius 2 is 1.94 bits per heavy atom. The first-order chi connectivity index (χ1) is 8.49. The van der Waals surface area contributed by atoms with Gasteiger partial charge in [0.15, 0.2) is 0 Å². The molecule has 1 aromatic carbocycles. The molecule has 0 aromatic heterocycles. The van der Waals surface area contributed by atoms with Crippen molar-refractivity contribution in [2.75, 3.05) is 0 Å². The Bertz CT molecular complexity index is 417.